The molecule has 98 valence electrons. The van der Waals surface area contributed by atoms with Gasteiger partial charge in [0.15, 0.2) is 0 Å². The summed E-state index contributed by atoms with van der Waals surface area (Å²) < 4.78 is 0.949. The molecule has 1 heterocycles. The molecule has 1 aliphatic rings. The van der Waals surface area contributed by atoms with Crippen LogP contribution in [0.15, 0.2) is 18.2 Å². The summed E-state index contributed by atoms with van der Waals surface area (Å²) in [5, 5.41) is 2.57. The molecule has 0 atom stereocenters. The van der Waals surface area contributed by atoms with E-state index in [1.54, 1.807) is 12.1 Å². The predicted octanol–water partition coefficient (Wildman–Crippen LogP) is 1.84. The molecule has 0 saturated carbocycles. The Morgan fingerprint density at radius 2 is 2.00 bits per heavy atom. The van der Waals surface area contributed by atoms with E-state index in [-0.39, 0.29) is 5.91 Å². The summed E-state index contributed by atoms with van der Waals surface area (Å²) >= 11 is 8.15. The van der Waals surface area contributed by atoms with Crippen molar-refractivity contribution in [2.24, 2.45) is 0 Å². The van der Waals surface area contributed by atoms with Crippen LogP contribution in [0.2, 0.25) is 5.02 Å². The first-order chi connectivity index (χ1) is 8.56. The third-order valence-corrected chi connectivity index (χ3v) is 4.52. The molecule has 1 aromatic rings. The molecule has 1 N–H and O–H groups in total. The van der Waals surface area contributed by atoms with E-state index in [9.17, 15) is 4.79 Å². The van der Waals surface area contributed by atoms with Gasteiger partial charge in [0.05, 0.1) is 5.02 Å². The van der Waals surface area contributed by atoms with Crippen LogP contribution < -0.4 is 5.43 Å². The zero-order chi connectivity index (χ0) is 13.1. The van der Waals surface area contributed by atoms with E-state index >= 15 is 0 Å². The van der Waals surface area contributed by atoms with Gasteiger partial charge < -0.3 is 4.90 Å². The number of amides is 1. The van der Waals surface area contributed by atoms with Gasteiger partial charge in [0, 0.05) is 35.3 Å². The maximum Gasteiger partial charge on any atom is 0.265 e. The number of likely N-dealkylation sites (N-methyl/N-ethyl adjacent to an activating group) is 1. The summed E-state index contributed by atoms with van der Waals surface area (Å²) in [7, 11) is 2.08. The van der Waals surface area contributed by atoms with E-state index in [0.29, 0.717) is 10.6 Å². The molecular formula is C12H15ClIN3O. The molecule has 0 unspecified atom stereocenters. The molecule has 0 radical (unpaired) electrons. The van der Waals surface area contributed by atoms with Gasteiger partial charge in [-0.1, -0.05) is 11.6 Å². The van der Waals surface area contributed by atoms with Crippen LogP contribution >= 0.6 is 34.2 Å². The fraction of sp³-hybridized carbons (Fsp3) is 0.417. The number of nitrogens with zero attached hydrogens (tertiary/aromatic N) is 2. The molecule has 18 heavy (non-hydrogen) atoms. The van der Waals surface area contributed by atoms with Crippen molar-refractivity contribution in [3.05, 3.63) is 32.4 Å². The molecule has 4 nitrogen and oxygen atoms in total. The first-order valence-electron chi connectivity index (χ1n) is 5.76. The van der Waals surface area contributed by atoms with Gasteiger partial charge in [-0.2, -0.15) is 0 Å². The highest BCUT2D eigenvalue weighted by Gasteiger charge is 2.16. The smallest absolute Gasteiger partial charge is 0.265 e. The van der Waals surface area contributed by atoms with E-state index in [2.05, 4.69) is 40.0 Å². The van der Waals surface area contributed by atoms with E-state index in [4.69, 9.17) is 11.6 Å². The summed E-state index contributed by atoms with van der Waals surface area (Å²) in [5.74, 6) is -0.0992. The molecule has 1 aliphatic heterocycles. The van der Waals surface area contributed by atoms with Crippen LogP contribution in [0.25, 0.3) is 0 Å². The van der Waals surface area contributed by atoms with Gasteiger partial charge in [-0.25, -0.2) is 5.01 Å². The third kappa shape index (κ3) is 3.57. The molecule has 1 amide bonds. The van der Waals surface area contributed by atoms with Crippen LogP contribution in [0.4, 0.5) is 0 Å². The fourth-order valence-corrected chi connectivity index (χ4v) is 2.28. The lowest BCUT2D eigenvalue weighted by molar-refractivity contribution is 0.0662. The number of benzene rings is 1. The Balaban J connectivity index is 1.97. The minimum absolute atomic E-state index is 0.0992. The summed E-state index contributed by atoms with van der Waals surface area (Å²) in [6, 6.07) is 5.34. The van der Waals surface area contributed by atoms with Gasteiger partial charge in [-0.3, -0.25) is 10.2 Å². The Kier molecular flexibility index (Phi) is 4.83. The van der Waals surface area contributed by atoms with Crippen molar-refractivity contribution in [1.29, 1.82) is 0 Å². The minimum atomic E-state index is -0.0992. The summed E-state index contributed by atoms with van der Waals surface area (Å²) in [5.41, 5.74) is 3.51. The van der Waals surface area contributed by atoms with Gasteiger partial charge in [0.1, 0.15) is 0 Å². The second-order valence-corrected chi connectivity index (χ2v) is 5.93. The highest BCUT2D eigenvalue weighted by molar-refractivity contribution is 14.1. The number of halogens is 2. The number of rotatable bonds is 2. The predicted molar refractivity (Wildman–Crippen MR) is 80.7 cm³/mol. The maximum absolute atomic E-state index is 12.0. The van der Waals surface area contributed by atoms with Gasteiger partial charge in [-0.15, -0.1) is 0 Å². The van der Waals surface area contributed by atoms with Crippen molar-refractivity contribution in [2.75, 3.05) is 33.2 Å². The molecule has 0 spiro atoms. The number of hydrogen-bond donors (Lipinski definition) is 1. The number of hydrogen-bond acceptors (Lipinski definition) is 3. The van der Waals surface area contributed by atoms with Crippen molar-refractivity contribution >= 4 is 40.1 Å². The minimum Gasteiger partial charge on any atom is -0.304 e. The number of carbonyl (C=O) groups is 1. The summed E-state index contributed by atoms with van der Waals surface area (Å²) in [4.78, 5) is 14.3. The van der Waals surface area contributed by atoms with Gasteiger partial charge in [0.25, 0.3) is 5.91 Å². The van der Waals surface area contributed by atoms with Crippen LogP contribution in [0.3, 0.4) is 0 Å². The van der Waals surface area contributed by atoms with Crippen LogP contribution in [0.5, 0.6) is 0 Å². The second kappa shape index (κ2) is 6.18. The molecule has 0 bridgehead atoms. The number of nitrogens with one attached hydrogen (secondary N) is 1. The normalized spacial score (nSPS) is 17.7. The van der Waals surface area contributed by atoms with Crippen LogP contribution in [0.1, 0.15) is 10.4 Å². The average Bonchev–Trinajstić information content (AvgIpc) is 2.35. The lowest BCUT2D eigenvalue weighted by Crippen LogP contribution is -2.52. The zero-order valence-electron chi connectivity index (χ0n) is 10.1. The number of piperazine rings is 1. The molecule has 2 rings (SSSR count). The van der Waals surface area contributed by atoms with Gasteiger partial charge in [-0.05, 0) is 47.8 Å². The van der Waals surface area contributed by atoms with Crippen molar-refractivity contribution in [3.63, 3.8) is 0 Å². The van der Waals surface area contributed by atoms with Crippen LogP contribution in [-0.4, -0.2) is 49.0 Å². The molecular weight excluding hydrogens is 365 g/mol. The number of carbonyl (C=O) groups excluding carboxylic acids is 1. The average molecular weight is 380 g/mol. The third-order valence-electron chi connectivity index (χ3n) is 2.94. The van der Waals surface area contributed by atoms with Crippen molar-refractivity contribution in [1.82, 2.24) is 15.3 Å². The van der Waals surface area contributed by atoms with Crippen molar-refractivity contribution in [2.45, 2.75) is 0 Å². The lowest BCUT2D eigenvalue weighted by Gasteiger charge is -2.32. The first kappa shape index (κ1) is 14.0. The molecule has 0 aliphatic carbocycles. The van der Waals surface area contributed by atoms with Crippen LogP contribution in [0, 0.1) is 3.57 Å². The van der Waals surface area contributed by atoms with Crippen molar-refractivity contribution < 1.29 is 4.79 Å². The SMILES string of the molecule is CN1CCN(NC(=O)c2ccc(I)c(Cl)c2)CC1. The Morgan fingerprint density at radius 3 is 2.61 bits per heavy atom. The Hall–Kier alpha value is -0.370. The fourth-order valence-electron chi connectivity index (χ4n) is 1.76. The van der Waals surface area contributed by atoms with Gasteiger partial charge in [0.2, 0.25) is 0 Å². The highest BCUT2D eigenvalue weighted by atomic mass is 127. The Morgan fingerprint density at radius 1 is 1.33 bits per heavy atom. The Labute approximate surface area is 125 Å². The maximum atomic E-state index is 12.0. The van der Waals surface area contributed by atoms with Crippen LogP contribution in [-0.2, 0) is 0 Å². The molecule has 0 aromatic heterocycles. The molecule has 1 fully saturated rings. The van der Waals surface area contributed by atoms with E-state index in [1.165, 1.54) is 0 Å². The highest BCUT2D eigenvalue weighted by Crippen LogP contribution is 2.19. The standard InChI is InChI=1S/C12H15ClIN3O/c1-16-4-6-17(7-5-16)15-12(18)9-2-3-11(14)10(13)8-9/h2-3,8H,4-7H2,1H3,(H,15,18). The van der Waals surface area contributed by atoms with E-state index in [1.807, 2.05) is 11.1 Å². The zero-order valence-corrected chi connectivity index (χ0v) is 13.0. The number of hydrazine groups is 1. The molecule has 1 aromatic carbocycles. The van der Waals surface area contributed by atoms with Crippen molar-refractivity contribution in [3.8, 4) is 0 Å². The van der Waals surface area contributed by atoms with E-state index < -0.39 is 0 Å². The summed E-state index contributed by atoms with van der Waals surface area (Å²) in [6.07, 6.45) is 0. The van der Waals surface area contributed by atoms with Gasteiger partial charge >= 0.3 is 0 Å². The molecule has 1 saturated heterocycles. The second-order valence-electron chi connectivity index (χ2n) is 4.36. The monoisotopic (exact) mass is 379 g/mol. The molecule has 6 heteroatoms. The van der Waals surface area contributed by atoms with E-state index in [0.717, 1.165) is 29.7 Å². The lowest BCUT2D eigenvalue weighted by atomic mass is 10.2. The summed E-state index contributed by atoms with van der Waals surface area (Å²) in [6.45, 7) is 3.63. The quantitative estimate of drug-likeness (QED) is 0.797. The largest absolute Gasteiger partial charge is 0.304 e. The Bertz CT molecular complexity index is 447. The first-order valence-corrected chi connectivity index (χ1v) is 7.21. The topological polar surface area (TPSA) is 35.6 Å².